The average molecular weight is 363 g/mol. The minimum atomic E-state index is -0.369. The van der Waals surface area contributed by atoms with Gasteiger partial charge in [-0.3, -0.25) is 4.90 Å². The number of nitrogens with zero attached hydrogens (tertiary/aromatic N) is 1. The van der Waals surface area contributed by atoms with Gasteiger partial charge < -0.3 is 20.1 Å². The molecule has 1 aromatic rings. The van der Waals surface area contributed by atoms with E-state index in [-0.39, 0.29) is 30.3 Å². The number of urea groups is 1. The van der Waals surface area contributed by atoms with Crippen LogP contribution in [0.1, 0.15) is 38.1 Å². The number of carbonyl (C=O) groups excluding carboxylic acids is 2. The van der Waals surface area contributed by atoms with Crippen molar-refractivity contribution in [1.82, 2.24) is 10.2 Å². The topological polar surface area (TPSA) is 79.9 Å². The van der Waals surface area contributed by atoms with Crippen LogP contribution in [0.2, 0.25) is 0 Å². The highest BCUT2D eigenvalue weighted by Gasteiger charge is 2.25. The lowest BCUT2D eigenvalue weighted by molar-refractivity contribution is -0.0777. The maximum Gasteiger partial charge on any atom is 0.338 e. The average Bonchev–Trinajstić information content (AvgIpc) is 2.59. The number of morpholine rings is 1. The standard InChI is InChI=1S/C19H29N3O4/c1-5-25-18(23)16-6-8-17(9-7-16)21-19(24)20-10-13(2)22-11-14(3)26-15(4)12-22/h6-9,13-15H,5,10-12H2,1-4H3,(H2,20,21,24)/t13-,14+,15+/m0/s1. The summed E-state index contributed by atoms with van der Waals surface area (Å²) in [7, 11) is 0. The van der Waals surface area contributed by atoms with Crippen molar-refractivity contribution in [2.24, 2.45) is 0 Å². The van der Waals surface area contributed by atoms with Gasteiger partial charge in [-0.15, -0.1) is 0 Å². The van der Waals surface area contributed by atoms with Gasteiger partial charge in [0.1, 0.15) is 0 Å². The molecule has 0 spiro atoms. The summed E-state index contributed by atoms with van der Waals surface area (Å²) < 4.78 is 10.7. The second kappa shape index (κ2) is 9.54. The number of esters is 1. The largest absolute Gasteiger partial charge is 0.462 e. The Hall–Kier alpha value is -2.12. The molecule has 3 atom stereocenters. The molecule has 0 radical (unpaired) electrons. The van der Waals surface area contributed by atoms with Crippen LogP contribution in [0.25, 0.3) is 0 Å². The molecule has 1 fully saturated rings. The molecular formula is C19H29N3O4. The van der Waals surface area contributed by atoms with Gasteiger partial charge in [0.2, 0.25) is 0 Å². The maximum absolute atomic E-state index is 12.1. The first-order valence-electron chi connectivity index (χ1n) is 9.10. The maximum atomic E-state index is 12.1. The van der Waals surface area contributed by atoms with Crippen molar-refractivity contribution < 1.29 is 19.1 Å². The summed E-state index contributed by atoms with van der Waals surface area (Å²) in [4.78, 5) is 26.0. The Labute approximate surface area is 155 Å². The summed E-state index contributed by atoms with van der Waals surface area (Å²) in [5, 5.41) is 5.66. The van der Waals surface area contributed by atoms with Crippen LogP contribution >= 0.6 is 0 Å². The number of hydrogen-bond acceptors (Lipinski definition) is 5. The molecule has 1 aromatic carbocycles. The quantitative estimate of drug-likeness (QED) is 0.759. The third-order valence-corrected chi connectivity index (χ3v) is 4.28. The smallest absolute Gasteiger partial charge is 0.338 e. The van der Waals surface area contributed by atoms with Crippen molar-refractivity contribution >= 4 is 17.7 Å². The first-order chi connectivity index (χ1) is 12.4. The van der Waals surface area contributed by atoms with Gasteiger partial charge in [-0.1, -0.05) is 0 Å². The fourth-order valence-electron chi connectivity index (χ4n) is 3.03. The van der Waals surface area contributed by atoms with Crippen LogP contribution in [0.3, 0.4) is 0 Å². The summed E-state index contributed by atoms with van der Waals surface area (Å²) in [5.41, 5.74) is 1.08. The Morgan fingerprint density at radius 3 is 2.42 bits per heavy atom. The van der Waals surface area contributed by atoms with E-state index in [4.69, 9.17) is 9.47 Å². The minimum Gasteiger partial charge on any atom is -0.462 e. The van der Waals surface area contributed by atoms with Crippen LogP contribution in [-0.4, -0.2) is 61.4 Å². The summed E-state index contributed by atoms with van der Waals surface area (Å²) >= 11 is 0. The molecule has 2 rings (SSSR count). The van der Waals surface area contributed by atoms with E-state index in [9.17, 15) is 9.59 Å². The molecule has 7 nitrogen and oxygen atoms in total. The molecule has 2 N–H and O–H groups in total. The molecule has 1 aliphatic heterocycles. The Kier molecular flexibility index (Phi) is 7.41. The van der Waals surface area contributed by atoms with Gasteiger partial charge in [0, 0.05) is 31.4 Å². The molecule has 144 valence electrons. The highest BCUT2D eigenvalue weighted by atomic mass is 16.5. The lowest BCUT2D eigenvalue weighted by Crippen LogP contribution is -2.52. The number of nitrogens with one attached hydrogen (secondary N) is 2. The molecule has 0 unspecified atom stereocenters. The molecule has 2 amide bonds. The molecular weight excluding hydrogens is 334 g/mol. The number of carbonyl (C=O) groups is 2. The Bertz CT molecular complexity index is 595. The second-order valence-corrected chi connectivity index (χ2v) is 6.69. The van der Waals surface area contributed by atoms with E-state index in [0.29, 0.717) is 24.4 Å². The zero-order valence-electron chi connectivity index (χ0n) is 16.0. The van der Waals surface area contributed by atoms with Crippen molar-refractivity contribution in [2.45, 2.75) is 45.9 Å². The normalized spacial score (nSPS) is 21.7. The van der Waals surface area contributed by atoms with Crippen molar-refractivity contribution in [2.75, 3.05) is 31.6 Å². The van der Waals surface area contributed by atoms with E-state index >= 15 is 0 Å². The van der Waals surface area contributed by atoms with Crippen molar-refractivity contribution in [3.8, 4) is 0 Å². The number of hydrogen-bond donors (Lipinski definition) is 2. The molecule has 1 heterocycles. The van der Waals surface area contributed by atoms with E-state index in [1.54, 1.807) is 31.2 Å². The highest BCUT2D eigenvalue weighted by Crippen LogP contribution is 2.13. The van der Waals surface area contributed by atoms with Gasteiger partial charge in [0.15, 0.2) is 0 Å². The first kappa shape index (κ1) is 20.2. The van der Waals surface area contributed by atoms with Gasteiger partial charge >= 0.3 is 12.0 Å². The fraction of sp³-hybridized carbons (Fsp3) is 0.579. The molecule has 0 bridgehead atoms. The summed E-state index contributed by atoms with van der Waals surface area (Å²) in [6, 6.07) is 6.58. The van der Waals surface area contributed by atoms with E-state index in [1.165, 1.54) is 0 Å². The van der Waals surface area contributed by atoms with Crippen LogP contribution in [0.5, 0.6) is 0 Å². The molecule has 0 aromatic heterocycles. The van der Waals surface area contributed by atoms with Crippen LogP contribution in [-0.2, 0) is 9.47 Å². The third-order valence-electron chi connectivity index (χ3n) is 4.28. The van der Waals surface area contributed by atoms with Gasteiger partial charge in [-0.05, 0) is 52.0 Å². The molecule has 7 heteroatoms. The predicted octanol–water partition coefficient (Wildman–Crippen LogP) is 2.48. The molecule has 0 aliphatic carbocycles. The van der Waals surface area contributed by atoms with E-state index in [2.05, 4.69) is 36.3 Å². The molecule has 1 saturated heterocycles. The van der Waals surface area contributed by atoms with Crippen LogP contribution < -0.4 is 10.6 Å². The Morgan fingerprint density at radius 2 is 1.85 bits per heavy atom. The minimum absolute atomic E-state index is 0.202. The lowest BCUT2D eigenvalue weighted by Gasteiger charge is -2.38. The molecule has 0 saturated carbocycles. The second-order valence-electron chi connectivity index (χ2n) is 6.69. The highest BCUT2D eigenvalue weighted by molar-refractivity contribution is 5.92. The monoisotopic (exact) mass is 363 g/mol. The number of ether oxygens (including phenoxy) is 2. The van der Waals surface area contributed by atoms with Crippen LogP contribution in [0, 0.1) is 0 Å². The SMILES string of the molecule is CCOC(=O)c1ccc(NC(=O)NC[C@H](C)N2C[C@@H](C)O[C@H](C)C2)cc1. The summed E-state index contributed by atoms with van der Waals surface area (Å²) in [5.74, 6) is -0.369. The Balaban J connectivity index is 1.78. The molecule has 26 heavy (non-hydrogen) atoms. The predicted molar refractivity (Wildman–Crippen MR) is 100 cm³/mol. The van der Waals surface area contributed by atoms with Gasteiger partial charge in [0.25, 0.3) is 0 Å². The lowest BCUT2D eigenvalue weighted by atomic mass is 10.2. The van der Waals surface area contributed by atoms with E-state index in [0.717, 1.165) is 13.1 Å². The van der Waals surface area contributed by atoms with Crippen LogP contribution in [0.15, 0.2) is 24.3 Å². The number of amides is 2. The van der Waals surface area contributed by atoms with Gasteiger partial charge in [-0.2, -0.15) is 0 Å². The Morgan fingerprint density at radius 1 is 1.23 bits per heavy atom. The van der Waals surface area contributed by atoms with Crippen molar-refractivity contribution in [1.29, 1.82) is 0 Å². The third kappa shape index (κ3) is 6.00. The summed E-state index contributed by atoms with van der Waals surface area (Å²) in [6.45, 7) is 10.6. The summed E-state index contributed by atoms with van der Waals surface area (Å²) in [6.07, 6.45) is 0.404. The molecule has 1 aliphatic rings. The zero-order valence-corrected chi connectivity index (χ0v) is 16.0. The number of anilines is 1. The zero-order chi connectivity index (χ0) is 19.1. The first-order valence-corrected chi connectivity index (χ1v) is 9.10. The number of rotatable bonds is 6. The van der Waals surface area contributed by atoms with E-state index in [1.807, 2.05) is 0 Å². The van der Waals surface area contributed by atoms with Gasteiger partial charge in [-0.25, -0.2) is 9.59 Å². The van der Waals surface area contributed by atoms with E-state index < -0.39 is 0 Å². The van der Waals surface area contributed by atoms with Crippen molar-refractivity contribution in [3.63, 3.8) is 0 Å². The number of benzene rings is 1. The van der Waals surface area contributed by atoms with Crippen molar-refractivity contribution in [3.05, 3.63) is 29.8 Å². The van der Waals surface area contributed by atoms with Gasteiger partial charge in [0.05, 0.1) is 24.4 Å². The van der Waals surface area contributed by atoms with Crippen LogP contribution in [0.4, 0.5) is 10.5 Å². The fourth-order valence-corrected chi connectivity index (χ4v) is 3.03.